The zero-order valence-electron chi connectivity index (χ0n) is 21.2. The highest BCUT2D eigenvalue weighted by Gasteiger charge is 2.18. The zero-order chi connectivity index (χ0) is 26.2. The molecule has 0 spiro atoms. The van der Waals surface area contributed by atoms with E-state index < -0.39 is 0 Å². The number of fused-ring (bicyclic) bond motifs is 1. The van der Waals surface area contributed by atoms with Gasteiger partial charge >= 0.3 is 0 Å². The summed E-state index contributed by atoms with van der Waals surface area (Å²) in [5.41, 5.74) is 9.23. The highest BCUT2D eigenvalue weighted by atomic mass is 35.5. The molecule has 7 nitrogen and oxygen atoms in total. The van der Waals surface area contributed by atoms with Gasteiger partial charge in [0, 0.05) is 42.8 Å². The predicted octanol–water partition coefficient (Wildman–Crippen LogP) is 6.30. The Morgan fingerprint density at radius 2 is 1.97 bits per heavy atom. The molecule has 0 saturated carbocycles. The molecule has 3 aromatic rings. The van der Waals surface area contributed by atoms with Crippen LogP contribution in [0.4, 0.5) is 11.4 Å². The molecule has 4 rings (SSSR count). The average Bonchev–Trinajstić information content (AvgIpc) is 3.30. The topological polar surface area (TPSA) is 96.4 Å². The van der Waals surface area contributed by atoms with Gasteiger partial charge in [0.05, 0.1) is 46.2 Å². The summed E-state index contributed by atoms with van der Waals surface area (Å²) in [6.45, 7) is 9.58. The molecule has 0 bridgehead atoms. The lowest BCUT2D eigenvalue weighted by molar-refractivity contribution is 0.261. The third-order valence-electron chi connectivity index (χ3n) is 5.97. The van der Waals surface area contributed by atoms with Gasteiger partial charge in [-0.05, 0) is 44.0 Å². The van der Waals surface area contributed by atoms with Crippen LogP contribution < -0.4 is 20.5 Å². The monoisotopic (exact) mass is 529 g/mol. The van der Waals surface area contributed by atoms with E-state index in [2.05, 4.69) is 21.3 Å². The lowest BCUT2D eigenvalue weighted by atomic mass is 10.1. The first-order valence-electron chi connectivity index (χ1n) is 12.1. The molecule has 1 saturated heterocycles. The number of rotatable bonds is 8. The summed E-state index contributed by atoms with van der Waals surface area (Å²) in [6.07, 6.45) is 3.53. The van der Waals surface area contributed by atoms with Gasteiger partial charge in [-0.3, -0.25) is 4.98 Å². The van der Waals surface area contributed by atoms with Gasteiger partial charge in [-0.2, -0.15) is 5.26 Å². The van der Waals surface area contributed by atoms with Gasteiger partial charge in [-0.1, -0.05) is 37.0 Å². The second-order valence-electron chi connectivity index (χ2n) is 8.44. The van der Waals surface area contributed by atoms with Gasteiger partial charge in [-0.15, -0.1) is 0 Å². The Kier molecular flexibility index (Phi) is 10.0. The molecule has 0 radical (unpaired) electrons. The quantitative estimate of drug-likeness (QED) is 0.330. The van der Waals surface area contributed by atoms with Crippen molar-refractivity contribution in [2.75, 3.05) is 38.7 Å². The Bertz CT molecular complexity index is 1250. The van der Waals surface area contributed by atoms with Gasteiger partial charge < -0.3 is 25.4 Å². The van der Waals surface area contributed by atoms with Gasteiger partial charge in [0.2, 0.25) is 0 Å². The van der Waals surface area contributed by atoms with Crippen LogP contribution in [0.1, 0.15) is 37.8 Å². The van der Waals surface area contributed by atoms with E-state index in [-0.39, 0.29) is 0 Å². The Morgan fingerprint density at radius 3 is 2.64 bits per heavy atom. The van der Waals surface area contributed by atoms with Crippen molar-refractivity contribution in [2.45, 2.75) is 39.7 Å². The van der Waals surface area contributed by atoms with E-state index in [1.165, 1.54) is 7.11 Å². The maximum atomic E-state index is 9.70. The number of aromatic nitrogens is 1. The summed E-state index contributed by atoms with van der Waals surface area (Å²) < 4.78 is 11.4. The fourth-order valence-electron chi connectivity index (χ4n) is 4.16. The van der Waals surface area contributed by atoms with Gasteiger partial charge in [-0.25, -0.2) is 0 Å². The summed E-state index contributed by atoms with van der Waals surface area (Å²) in [5, 5.41) is 14.6. The molecule has 2 aromatic carbocycles. The standard InChI is InChI=1S/C25H27Cl2N5O2.C2H6/c1-15-8-18-21(10-23(15)34-7-3-5-32-6-4-17(29)14-32)30-13-16(12-28)25(18)31-22-11-24(33-2)20(27)9-19(22)26;1-2/h8-11,13,17H,3-7,14,29H2,1-2H3,(H,30,31);1-2H3. The van der Waals surface area contributed by atoms with Crippen LogP contribution in [0, 0.1) is 18.3 Å². The Morgan fingerprint density at radius 1 is 1.19 bits per heavy atom. The largest absolute Gasteiger partial charge is 0.495 e. The molecule has 9 heteroatoms. The lowest BCUT2D eigenvalue weighted by Gasteiger charge is -2.17. The number of methoxy groups -OCH3 is 1. The van der Waals surface area contributed by atoms with E-state index in [4.69, 9.17) is 38.4 Å². The molecule has 3 N–H and O–H groups in total. The summed E-state index contributed by atoms with van der Waals surface area (Å²) in [4.78, 5) is 6.86. The maximum absolute atomic E-state index is 9.70. The molecule has 1 aliphatic rings. The molecule has 1 fully saturated rings. The van der Waals surface area contributed by atoms with Crippen molar-refractivity contribution >= 4 is 45.5 Å². The number of ether oxygens (including phenoxy) is 2. The van der Waals surface area contributed by atoms with Crippen LogP contribution in [0.5, 0.6) is 11.5 Å². The number of anilines is 2. The molecule has 2 heterocycles. The number of hydrogen-bond donors (Lipinski definition) is 2. The normalized spacial score (nSPS) is 15.2. The number of nitriles is 1. The van der Waals surface area contributed by atoms with Gasteiger partial charge in [0.15, 0.2) is 0 Å². The summed E-state index contributed by atoms with van der Waals surface area (Å²) >= 11 is 12.6. The van der Waals surface area contributed by atoms with Gasteiger partial charge in [0.25, 0.3) is 0 Å². The third kappa shape index (κ3) is 6.51. The number of halogens is 2. The number of likely N-dealkylation sites (tertiary alicyclic amines) is 1. The fourth-order valence-corrected chi connectivity index (χ4v) is 4.66. The number of hydrogen-bond acceptors (Lipinski definition) is 7. The minimum atomic E-state index is 0.291. The second kappa shape index (κ2) is 13.0. The molecule has 192 valence electrons. The van der Waals surface area contributed by atoms with Crippen molar-refractivity contribution in [1.82, 2.24) is 9.88 Å². The van der Waals surface area contributed by atoms with E-state index >= 15 is 0 Å². The number of nitrogens with zero attached hydrogens (tertiary/aromatic N) is 3. The minimum absolute atomic E-state index is 0.291. The molecular weight excluding hydrogens is 497 g/mol. The molecular formula is C27H33Cl2N5O2. The van der Waals surface area contributed by atoms with Crippen LogP contribution >= 0.6 is 23.2 Å². The Hall–Kier alpha value is -2.76. The van der Waals surface area contributed by atoms with E-state index in [1.807, 2.05) is 32.9 Å². The van der Waals surface area contributed by atoms with Crippen LogP contribution in [0.25, 0.3) is 10.9 Å². The van der Waals surface area contributed by atoms with Crippen molar-refractivity contribution in [2.24, 2.45) is 5.73 Å². The third-order valence-corrected chi connectivity index (χ3v) is 6.58. The fraction of sp³-hybridized carbons (Fsp3) is 0.407. The average molecular weight is 531 g/mol. The number of aryl methyl sites for hydroxylation is 1. The predicted molar refractivity (Wildman–Crippen MR) is 148 cm³/mol. The van der Waals surface area contributed by atoms with Crippen LogP contribution in [-0.2, 0) is 0 Å². The minimum Gasteiger partial charge on any atom is -0.495 e. The van der Waals surface area contributed by atoms with Crippen LogP contribution in [0.3, 0.4) is 0 Å². The first kappa shape index (κ1) is 27.8. The van der Waals surface area contributed by atoms with Crippen molar-refractivity contribution in [1.29, 1.82) is 5.26 Å². The second-order valence-corrected chi connectivity index (χ2v) is 9.25. The van der Waals surface area contributed by atoms with E-state index in [0.717, 1.165) is 49.2 Å². The van der Waals surface area contributed by atoms with Crippen molar-refractivity contribution in [3.05, 3.63) is 51.6 Å². The Labute approximate surface area is 223 Å². The van der Waals surface area contributed by atoms with E-state index in [9.17, 15) is 5.26 Å². The summed E-state index contributed by atoms with van der Waals surface area (Å²) in [5.74, 6) is 1.26. The van der Waals surface area contributed by atoms with Crippen molar-refractivity contribution in [3.63, 3.8) is 0 Å². The first-order chi connectivity index (χ1) is 17.4. The molecule has 1 aromatic heterocycles. The van der Waals surface area contributed by atoms with E-state index in [0.29, 0.717) is 50.9 Å². The lowest BCUT2D eigenvalue weighted by Crippen LogP contribution is -2.28. The molecule has 1 unspecified atom stereocenters. The maximum Gasteiger partial charge on any atom is 0.139 e. The van der Waals surface area contributed by atoms with Crippen LogP contribution in [0.2, 0.25) is 10.0 Å². The van der Waals surface area contributed by atoms with Crippen LogP contribution in [0.15, 0.2) is 30.5 Å². The van der Waals surface area contributed by atoms with Crippen molar-refractivity contribution in [3.8, 4) is 17.6 Å². The highest BCUT2D eigenvalue weighted by Crippen LogP contribution is 2.38. The number of pyridine rings is 1. The van der Waals surface area contributed by atoms with Gasteiger partial charge in [0.1, 0.15) is 17.6 Å². The smallest absolute Gasteiger partial charge is 0.139 e. The Balaban J connectivity index is 0.00000176. The summed E-state index contributed by atoms with van der Waals surface area (Å²) in [7, 11) is 1.53. The molecule has 0 aliphatic carbocycles. The SMILES string of the molecule is CC.COc1cc(Nc2c(C#N)cnc3cc(OCCCN4CCC(N)C4)c(C)cc23)c(Cl)cc1Cl. The number of nitrogens with two attached hydrogens (primary N) is 1. The van der Waals surface area contributed by atoms with E-state index in [1.54, 1.807) is 18.3 Å². The number of nitrogens with one attached hydrogen (secondary N) is 1. The molecule has 1 aliphatic heterocycles. The molecule has 1 atom stereocenters. The molecule has 36 heavy (non-hydrogen) atoms. The summed E-state index contributed by atoms with van der Waals surface area (Å²) in [6, 6.07) is 9.69. The first-order valence-corrected chi connectivity index (χ1v) is 12.9. The molecule has 0 amide bonds. The number of benzene rings is 2. The zero-order valence-corrected chi connectivity index (χ0v) is 22.7. The highest BCUT2D eigenvalue weighted by molar-refractivity contribution is 6.37. The van der Waals surface area contributed by atoms with Crippen molar-refractivity contribution < 1.29 is 9.47 Å². The van der Waals surface area contributed by atoms with Crippen LogP contribution in [-0.4, -0.2) is 49.3 Å².